The van der Waals surface area contributed by atoms with Crippen LogP contribution in [0.3, 0.4) is 0 Å². The van der Waals surface area contributed by atoms with Gasteiger partial charge in [0.15, 0.2) is 11.5 Å². The Morgan fingerprint density at radius 1 is 1.06 bits per heavy atom. The van der Waals surface area contributed by atoms with Gasteiger partial charge < -0.3 is 24.4 Å². The predicted octanol–water partition coefficient (Wildman–Crippen LogP) is 3.42. The predicted molar refractivity (Wildman–Crippen MR) is 126 cm³/mol. The van der Waals surface area contributed by atoms with Gasteiger partial charge in [-0.25, -0.2) is 0 Å². The lowest BCUT2D eigenvalue weighted by Crippen LogP contribution is -2.47. The third-order valence-corrected chi connectivity index (χ3v) is 5.69. The van der Waals surface area contributed by atoms with Crippen molar-refractivity contribution < 1.29 is 23.9 Å². The van der Waals surface area contributed by atoms with E-state index < -0.39 is 4.92 Å². The highest BCUT2D eigenvalue weighted by Gasteiger charge is 2.24. The number of ether oxygens (including phenoxy) is 3. The fourth-order valence-electron chi connectivity index (χ4n) is 3.76. The van der Waals surface area contributed by atoms with Gasteiger partial charge in [0.25, 0.3) is 5.69 Å². The van der Waals surface area contributed by atoms with Crippen LogP contribution in [0.1, 0.15) is 6.42 Å². The van der Waals surface area contributed by atoms with Crippen molar-refractivity contribution in [2.45, 2.75) is 6.42 Å². The van der Waals surface area contributed by atoms with Crippen molar-refractivity contribution in [1.82, 2.24) is 4.90 Å². The summed E-state index contributed by atoms with van der Waals surface area (Å²) in [5, 5.41) is 14.6. The number of rotatable bonds is 9. The Labute approximate surface area is 197 Å². The van der Waals surface area contributed by atoms with Gasteiger partial charge in [0, 0.05) is 68.1 Å². The van der Waals surface area contributed by atoms with Crippen LogP contribution in [0.4, 0.5) is 17.1 Å². The van der Waals surface area contributed by atoms with Gasteiger partial charge >= 0.3 is 0 Å². The number of nitro benzene ring substituents is 1. The van der Waals surface area contributed by atoms with Crippen molar-refractivity contribution >= 4 is 34.6 Å². The fourth-order valence-corrected chi connectivity index (χ4v) is 3.93. The Hall–Kier alpha value is -3.24. The van der Waals surface area contributed by atoms with E-state index >= 15 is 0 Å². The van der Waals surface area contributed by atoms with Crippen LogP contribution >= 0.6 is 11.6 Å². The molecule has 2 aromatic rings. The summed E-state index contributed by atoms with van der Waals surface area (Å²) in [6.45, 7) is 3.20. The van der Waals surface area contributed by atoms with E-state index in [9.17, 15) is 14.9 Å². The van der Waals surface area contributed by atoms with Gasteiger partial charge in [-0.05, 0) is 12.1 Å². The summed E-state index contributed by atoms with van der Waals surface area (Å²) in [7, 11) is 4.55. The standard InChI is InChI=1S/C22H27ClN4O6/c1-31-19-13-16(14-20(32-2)22(19)33-3)24-21(28)6-7-25-8-10-26(11-9-25)17-5-4-15(23)12-18(17)27(29)30/h4-5,12-14H,6-11H2,1-3H3,(H,24,28). The summed E-state index contributed by atoms with van der Waals surface area (Å²) in [5.41, 5.74) is 1.11. The Kier molecular flexibility index (Phi) is 8.18. The number of methoxy groups -OCH3 is 3. The number of nitrogens with one attached hydrogen (secondary N) is 1. The van der Waals surface area contributed by atoms with Gasteiger partial charge in [0.2, 0.25) is 11.7 Å². The minimum absolute atomic E-state index is 0.000626. The Morgan fingerprint density at radius 2 is 1.70 bits per heavy atom. The first-order valence-electron chi connectivity index (χ1n) is 10.4. The Balaban J connectivity index is 1.54. The molecule has 1 aliphatic heterocycles. The summed E-state index contributed by atoms with van der Waals surface area (Å²) in [6.07, 6.45) is 0.303. The van der Waals surface area contributed by atoms with E-state index in [1.54, 1.807) is 24.3 Å². The molecule has 1 amide bonds. The Bertz CT molecular complexity index is 985. The number of carbonyl (C=O) groups excluding carboxylic acids is 1. The second kappa shape index (κ2) is 11.1. The molecular formula is C22H27ClN4O6. The summed E-state index contributed by atoms with van der Waals surface area (Å²) < 4.78 is 15.9. The average Bonchev–Trinajstić information content (AvgIpc) is 2.82. The maximum Gasteiger partial charge on any atom is 0.294 e. The lowest BCUT2D eigenvalue weighted by atomic mass is 10.2. The van der Waals surface area contributed by atoms with Crippen LogP contribution in [0.15, 0.2) is 30.3 Å². The van der Waals surface area contributed by atoms with E-state index in [-0.39, 0.29) is 11.6 Å². The van der Waals surface area contributed by atoms with Crippen molar-refractivity contribution in [3.05, 3.63) is 45.5 Å². The van der Waals surface area contributed by atoms with Gasteiger partial charge in [-0.15, -0.1) is 0 Å². The number of amides is 1. The molecule has 1 fully saturated rings. The topological polar surface area (TPSA) is 106 Å². The largest absolute Gasteiger partial charge is 0.493 e. The molecule has 1 N–H and O–H groups in total. The van der Waals surface area contributed by atoms with E-state index in [1.165, 1.54) is 27.4 Å². The first-order valence-corrected chi connectivity index (χ1v) is 10.7. The third-order valence-electron chi connectivity index (χ3n) is 5.45. The molecule has 1 heterocycles. The lowest BCUT2D eigenvalue weighted by molar-refractivity contribution is -0.384. The molecule has 0 unspecified atom stereocenters. The van der Waals surface area contributed by atoms with Crippen LogP contribution in [-0.4, -0.2) is 69.8 Å². The highest BCUT2D eigenvalue weighted by atomic mass is 35.5. The third kappa shape index (κ3) is 5.96. The molecule has 0 aliphatic carbocycles. The van der Waals surface area contributed by atoms with Crippen LogP contribution in [0, 0.1) is 10.1 Å². The number of hydrogen-bond acceptors (Lipinski definition) is 8. The number of halogens is 1. The first-order chi connectivity index (χ1) is 15.9. The molecule has 33 heavy (non-hydrogen) atoms. The molecule has 2 aromatic carbocycles. The molecular weight excluding hydrogens is 452 g/mol. The summed E-state index contributed by atoms with van der Waals surface area (Å²) in [6, 6.07) is 8.07. The minimum Gasteiger partial charge on any atom is -0.493 e. The van der Waals surface area contributed by atoms with Crippen LogP contribution < -0.4 is 24.4 Å². The number of hydrogen-bond donors (Lipinski definition) is 1. The quantitative estimate of drug-likeness (QED) is 0.431. The highest BCUT2D eigenvalue weighted by molar-refractivity contribution is 6.30. The number of nitro groups is 1. The first kappa shape index (κ1) is 24.4. The van der Waals surface area contributed by atoms with Gasteiger partial charge in [0.05, 0.1) is 26.3 Å². The van der Waals surface area contributed by atoms with Gasteiger partial charge in [-0.3, -0.25) is 19.8 Å². The summed E-state index contributed by atoms with van der Waals surface area (Å²) >= 11 is 5.91. The van der Waals surface area contributed by atoms with Crippen molar-refractivity contribution in [3.63, 3.8) is 0 Å². The monoisotopic (exact) mass is 478 g/mol. The van der Waals surface area contributed by atoms with Gasteiger partial charge in [-0.2, -0.15) is 0 Å². The molecule has 3 rings (SSSR count). The van der Waals surface area contributed by atoms with E-state index in [0.29, 0.717) is 72.8 Å². The number of piperazine rings is 1. The van der Waals surface area contributed by atoms with Crippen molar-refractivity contribution in [1.29, 1.82) is 0 Å². The van der Waals surface area contributed by atoms with Gasteiger partial charge in [-0.1, -0.05) is 11.6 Å². The zero-order chi connectivity index (χ0) is 24.0. The molecule has 178 valence electrons. The van der Waals surface area contributed by atoms with E-state index in [1.807, 2.05) is 4.90 Å². The molecule has 0 bridgehead atoms. The fraction of sp³-hybridized carbons (Fsp3) is 0.409. The van der Waals surface area contributed by atoms with Crippen molar-refractivity contribution in [3.8, 4) is 17.2 Å². The SMILES string of the molecule is COc1cc(NC(=O)CCN2CCN(c3ccc(Cl)cc3[N+](=O)[O-])CC2)cc(OC)c1OC. The van der Waals surface area contributed by atoms with Crippen LogP contribution in [0.2, 0.25) is 5.02 Å². The summed E-state index contributed by atoms with van der Waals surface area (Å²) in [5.74, 6) is 1.23. The van der Waals surface area contributed by atoms with Crippen molar-refractivity contribution in [2.75, 3.05) is 64.3 Å². The maximum absolute atomic E-state index is 12.5. The van der Waals surface area contributed by atoms with E-state index in [0.717, 1.165) is 0 Å². The smallest absolute Gasteiger partial charge is 0.294 e. The average molecular weight is 479 g/mol. The second-order valence-corrected chi connectivity index (χ2v) is 7.87. The molecule has 11 heteroatoms. The molecule has 0 saturated carbocycles. The number of carbonyl (C=O) groups is 1. The van der Waals surface area contributed by atoms with E-state index in [4.69, 9.17) is 25.8 Å². The second-order valence-electron chi connectivity index (χ2n) is 7.43. The van der Waals surface area contributed by atoms with Crippen molar-refractivity contribution in [2.24, 2.45) is 0 Å². The summed E-state index contributed by atoms with van der Waals surface area (Å²) in [4.78, 5) is 27.6. The molecule has 1 aliphatic rings. The molecule has 10 nitrogen and oxygen atoms in total. The Morgan fingerprint density at radius 3 is 2.24 bits per heavy atom. The van der Waals surface area contributed by atoms with Crippen LogP contribution in [-0.2, 0) is 4.79 Å². The minimum atomic E-state index is -0.416. The highest BCUT2D eigenvalue weighted by Crippen LogP contribution is 2.40. The van der Waals surface area contributed by atoms with E-state index in [2.05, 4.69) is 10.2 Å². The maximum atomic E-state index is 12.5. The number of nitrogens with zero attached hydrogens (tertiary/aromatic N) is 3. The molecule has 1 saturated heterocycles. The molecule has 0 radical (unpaired) electrons. The number of benzene rings is 2. The normalized spacial score (nSPS) is 14.0. The zero-order valence-corrected chi connectivity index (χ0v) is 19.6. The molecule has 0 spiro atoms. The van der Waals surface area contributed by atoms with Crippen LogP contribution in [0.25, 0.3) is 0 Å². The van der Waals surface area contributed by atoms with Gasteiger partial charge in [0.1, 0.15) is 5.69 Å². The zero-order valence-electron chi connectivity index (χ0n) is 18.8. The number of anilines is 2. The van der Waals surface area contributed by atoms with Crippen LogP contribution in [0.5, 0.6) is 17.2 Å². The lowest BCUT2D eigenvalue weighted by Gasteiger charge is -2.35. The molecule has 0 aromatic heterocycles. The molecule has 0 atom stereocenters.